The molecular weight excluding hydrogens is 307 g/mol. The van der Waals surface area contributed by atoms with Crippen molar-refractivity contribution >= 4 is 21.7 Å². The number of hydrogen-bond donors (Lipinski definition) is 1. The first-order chi connectivity index (χ1) is 9.70. The average Bonchev–Trinajstić information content (AvgIpc) is 2.37. The van der Waals surface area contributed by atoms with Gasteiger partial charge < -0.3 is 5.11 Å². The second kappa shape index (κ2) is 6.59. The van der Waals surface area contributed by atoms with Crippen LogP contribution in [-0.2, 0) is 14.8 Å². The molecule has 0 aromatic heterocycles. The van der Waals surface area contributed by atoms with Gasteiger partial charge in [-0.1, -0.05) is 6.92 Å². The highest BCUT2D eigenvalue weighted by atomic mass is 32.2. The topological polar surface area (TPSA) is 118 Å². The van der Waals surface area contributed by atoms with Crippen LogP contribution >= 0.6 is 0 Å². The van der Waals surface area contributed by atoms with E-state index in [1.807, 2.05) is 0 Å². The Labute approximate surface area is 120 Å². The number of benzene rings is 1. The van der Waals surface area contributed by atoms with Crippen LogP contribution in [0, 0.1) is 15.9 Å². The van der Waals surface area contributed by atoms with Gasteiger partial charge in [-0.2, -0.15) is 8.70 Å². The summed E-state index contributed by atoms with van der Waals surface area (Å²) in [7, 11) is -4.23. The second-order valence-corrected chi connectivity index (χ2v) is 6.04. The number of hydrogen-bond acceptors (Lipinski definition) is 5. The van der Waals surface area contributed by atoms with Crippen molar-refractivity contribution in [1.82, 2.24) is 4.31 Å². The van der Waals surface area contributed by atoms with Crippen LogP contribution in [0.5, 0.6) is 0 Å². The third-order valence-corrected chi connectivity index (χ3v) is 4.38. The third kappa shape index (κ3) is 3.95. The molecule has 0 aliphatic rings. The van der Waals surface area contributed by atoms with Crippen molar-refractivity contribution in [3.8, 4) is 0 Å². The normalized spacial score (nSPS) is 11.6. The van der Waals surface area contributed by atoms with E-state index < -0.39 is 43.9 Å². The smallest absolute Gasteiger partial charge is 0.318 e. The molecule has 1 N–H and O–H groups in total. The van der Waals surface area contributed by atoms with E-state index in [0.717, 1.165) is 12.1 Å². The van der Waals surface area contributed by atoms with Gasteiger partial charge in [0.05, 0.1) is 9.82 Å². The molecule has 0 unspecified atom stereocenters. The van der Waals surface area contributed by atoms with Crippen molar-refractivity contribution in [2.45, 2.75) is 18.2 Å². The number of carbonyl (C=O) groups is 1. The molecule has 1 rings (SSSR count). The van der Waals surface area contributed by atoms with Gasteiger partial charge in [-0.15, -0.1) is 0 Å². The number of carboxylic acid groups (broad SMARTS) is 1. The molecule has 21 heavy (non-hydrogen) atoms. The van der Waals surface area contributed by atoms with Crippen molar-refractivity contribution in [3.63, 3.8) is 0 Å². The lowest BCUT2D eigenvalue weighted by Crippen LogP contribution is -2.36. The zero-order chi connectivity index (χ0) is 16.2. The maximum atomic E-state index is 13.5. The molecule has 0 bridgehead atoms. The van der Waals surface area contributed by atoms with Crippen molar-refractivity contribution in [3.05, 3.63) is 34.1 Å². The van der Waals surface area contributed by atoms with Gasteiger partial charge in [-0.05, 0) is 12.5 Å². The third-order valence-electron chi connectivity index (χ3n) is 2.54. The lowest BCUT2D eigenvalue weighted by atomic mass is 10.3. The Kier molecular flexibility index (Phi) is 5.33. The van der Waals surface area contributed by atoms with Crippen LogP contribution in [0.15, 0.2) is 23.1 Å². The highest BCUT2D eigenvalue weighted by Crippen LogP contribution is 2.23. The van der Waals surface area contributed by atoms with E-state index in [1.54, 1.807) is 6.92 Å². The van der Waals surface area contributed by atoms with Crippen molar-refractivity contribution < 1.29 is 27.6 Å². The number of halogens is 1. The van der Waals surface area contributed by atoms with Gasteiger partial charge in [0.25, 0.3) is 0 Å². The standard InChI is InChI=1S/C11H13FN2O6S/c1-2-5-13(7-11(15)16)21(19,20)8-3-4-10(14(17)18)9(12)6-8/h3-4,6H,2,5,7H2,1H3,(H,15,16). The van der Waals surface area contributed by atoms with E-state index in [0.29, 0.717) is 16.8 Å². The average molecular weight is 320 g/mol. The van der Waals surface area contributed by atoms with E-state index in [4.69, 9.17) is 5.11 Å². The molecule has 0 saturated heterocycles. The van der Waals surface area contributed by atoms with Crippen LogP contribution in [0.4, 0.5) is 10.1 Å². The minimum Gasteiger partial charge on any atom is -0.480 e. The fourth-order valence-electron chi connectivity index (χ4n) is 1.63. The summed E-state index contributed by atoms with van der Waals surface area (Å²) in [5, 5.41) is 19.2. The zero-order valence-electron chi connectivity index (χ0n) is 11.0. The van der Waals surface area contributed by atoms with Crippen molar-refractivity contribution in [2.75, 3.05) is 13.1 Å². The summed E-state index contributed by atoms with van der Waals surface area (Å²) < 4.78 is 38.6. The van der Waals surface area contributed by atoms with Crippen LogP contribution in [-0.4, -0.2) is 41.8 Å². The summed E-state index contributed by atoms with van der Waals surface area (Å²) in [5.74, 6) is -2.65. The maximum absolute atomic E-state index is 13.5. The molecule has 0 aliphatic heterocycles. The first kappa shape index (κ1) is 17.0. The molecule has 0 saturated carbocycles. The van der Waals surface area contributed by atoms with Crippen molar-refractivity contribution in [2.24, 2.45) is 0 Å². The highest BCUT2D eigenvalue weighted by Gasteiger charge is 2.28. The Morgan fingerprint density at radius 2 is 2.10 bits per heavy atom. The quantitative estimate of drug-likeness (QED) is 0.596. The van der Waals surface area contributed by atoms with Crippen LogP contribution in [0.25, 0.3) is 0 Å². The van der Waals surface area contributed by atoms with Crippen LogP contribution < -0.4 is 0 Å². The van der Waals surface area contributed by atoms with E-state index >= 15 is 0 Å². The zero-order valence-corrected chi connectivity index (χ0v) is 11.8. The van der Waals surface area contributed by atoms with Crippen LogP contribution in [0.3, 0.4) is 0 Å². The number of carboxylic acids is 1. The first-order valence-electron chi connectivity index (χ1n) is 5.86. The Morgan fingerprint density at radius 1 is 1.48 bits per heavy atom. The van der Waals surface area contributed by atoms with Gasteiger partial charge >= 0.3 is 11.7 Å². The molecule has 1 aromatic carbocycles. The largest absolute Gasteiger partial charge is 0.480 e. The number of sulfonamides is 1. The lowest BCUT2D eigenvalue weighted by molar-refractivity contribution is -0.387. The maximum Gasteiger partial charge on any atom is 0.318 e. The summed E-state index contributed by atoms with van der Waals surface area (Å²) in [6, 6.07) is 2.12. The molecule has 1 aromatic rings. The summed E-state index contributed by atoms with van der Waals surface area (Å²) in [4.78, 5) is 19.7. The van der Waals surface area contributed by atoms with Gasteiger partial charge in [0.15, 0.2) is 0 Å². The predicted octanol–water partition coefficient (Wildman–Crippen LogP) is 1.22. The summed E-state index contributed by atoms with van der Waals surface area (Å²) in [5.41, 5.74) is -0.853. The monoisotopic (exact) mass is 320 g/mol. The fourth-order valence-corrected chi connectivity index (χ4v) is 3.12. The Hall–Kier alpha value is -2.07. The summed E-state index contributed by atoms with van der Waals surface area (Å²) in [6.45, 7) is 0.822. The van der Waals surface area contributed by atoms with E-state index in [2.05, 4.69) is 0 Å². The van der Waals surface area contributed by atoms with E-state index in [-0.39, 0.29) is 6.54 Å². The number of nitrogens with zero attached hydrogens (tertiary/aromatic N) is 2. The number of aliphatic carboxylic acids is 1. The fraction of sp³-hybridized carbons (Fsp3) is 0.364. The minimum absolute atomic E-state index is 0.0623. The van der Waals surface area contributed by atoms with E-state index in [9.17, 15) is 27.7 Å². The predicted molar refractivity (Wildman–Crippen MR) is 69.7 cm³/mol. The molecule has 0 spiro atoms. The second-order valence-electron chi connectivity index (χ2n) is 4.10. The summed E-state index contributed by atoms with van der Waals surface area (Å²) in [6.07, 6.45) is 0.363. The number of nitro benzene ring substituents is 1. The molecular formula is C11H13FN2O6S. The van der Waals surface area contributed by atoms with Crippen LogP contribution in [0.1, 0.15) is 13.3 Å². The Balaban J connectivity index is 3.24. The molecule has 8 nitrogen and oxygen atoms in total. The van der Waals surface area contributed by atoms with Gasteiger partial charge in [-0.3, -0.25) is 14.9 Å². The Bertz CT molecular complexity index is 661. The molecule has 0 radical (unpaired) electrons. The van der Waals surface area contributed by atoms with Gasteiger partial charge in [0, 0.05) is 18.7 Å². The molecule has 0 aliphatic carbocycles. The molecule has 0 atom stereocenters. The SMILES string of the molecule is CCCN(CC(=O)O)S(=O)(=O)c1ccc([N+](=O)[O-])c(F)c1. The summed E-state index contributed by atoms with van der Waals surface area (Å²) >= 11 is 0. The first-order valence-corrected chi connectivity index (χ1v) is 7.30. The number of rotatable bonds is 7. The van der Waals surface area contributed by atoms with Gasteiger partial charge in [0.1, 0.15) is 6.54 Å². The number of nitro groups is 1. The lowest BCUT2D eigenvalue weighted by Gasteiger charge is -2.19. The van der Waals surface area contributed by atoms with Gasteiger partial charge in [0.2, 0.25) is 15.8 Å². The Morgan fingerprint density at radius 3 is 2.52 bits per heavy atom. The van der Waals surface area contributed by atoms with Crippen molar-refractivity contribution in [1.29, 1.82) is 0 Å². The molecule has 0 amide bonds. The minimum atomic E-state index is -4.23. The molecule has 0 fully saturated rings. The molecule has 10 heteroatoms. The molecule has 116 valence electrons. The molecule has 0 heterocycles. The van der Waals surface area contributed by atoms with E-state index in [1.165, 1.54) is 0 Å². The highest BCUT2D eigenvalue weighted by molar-refractivity contribution is 7.89. The van der Waals surface area contributed by atoms with Gasteiger partial charge in [-0.25, -0.2) is 8.42 Å². The van der Waals surface area contributed by atoms with Crippen LogP contribution in [0.2, 0.25) is 0 Å².